The molecule has 0 fully saturated rings. The van der Waals surface area contributed by atoms with Gasteiger partial charge in [0.1, 0.15) is 0 Å². The third-order valence-corrected chi connectivity index (χ3v) is 8.23. The molecule has 2 aromatic carbocycles. The molecule has 0 saturated heterocycles. The number of carbonyl (C=O) groups is 2. The highest BCUT2D eigenvalue weighted by atomic mass is 32.2. The molecule has 16 heteroatoms. The van der Waals surface area contributed by atoms with E-state index in [1.54, 1.807) is 12.1 Å². The first-order valence-electron chi connectivity index (χ1n) is 12.5. The Kier molecular flexibility index (Phi) is 9.72. The van der Waals surface area contributed by atoms with Gasteiger partial charge in [-0.05, 0) is 73.5 Å². The molecular formula is C26H26N8O6S2. The summed E-state index contributed by atoms with van der Waals surface area (Å²) in [5, 5.41) is 5.38. The summed E-state index contributed by atoms with van der Waals surface area (Å²) < 4.78 is 54.4. The van der Waals surface area contributed by atoms with Crippen LogP contribution in [0, 0.1) is 0 Å². The Morgan fingerprint density at radius 3 is 1.21 bits per heavy atom. The highest BCUT2D eigenvalue weighted by Crippen LogP contribution is 2.18. The Bertz CT molecular complexity index is 1590. The second-order valence-corrected chi connectivity index (χ2v) is 12.1. The molecule has 0 aliphatic rings. The Balaban J connectivity index is 1.17. The molecule has 0 spiro atoms. The van der Waals surface area contributed by atoms with Crippen LogP contribution in [0.5, 0.6) is 0 Å². The summed E-state index contributed by atoms with van der Waals surface area (Å²) in [5.74, 6) is -0.680. The normalized spacial score (nSPS) is 11.3. The van der Waals surface area contributed by atoms with E-state index >= 15 is 0 Å². The van der Waals surface area contributed by atoms with Crippen molar-refractivity contribution in [1.29, 1.82) is 0 Å². The third kappa shape index (κ3) is 8.77. The minimum Gasteiger partial charge on any atom is -0.326 e. The fourth-order valence-electron chi connectivity index (χ4n) is 3.51. The third-order valence-electron chi connectivity index (χ3n) is 5.54. The zero-order valence-corrected chi connectivity index (χ0v) is 23.6. The molecular weight excluding hydrogens is 584 g/mol. The Morgan fingerprint density at radius 2 is 0.881 bits per heavy atom. The van der Waals surface area contributed by atoms with E-state index in [1.807, 2.05) is 0 Å². The highest BCUT2D eigenvalue weighted by Gasteiger charge is 2.17. The predicted octanol–water partition coefficient (Wildman–Crippen LogP) is 3.01. The summed E-state index contributed by atoms with van der Waals surface area (Å²) >= 11 is 0. The molecule has 0 saturated carbocycles. The summed E-state index contributed by atoms with van der Waals surface area (Å²) in [6.45, 7) is 0. The molecule has 42 heavy (non-hydrogen) atoms. The number of nitrogens with one attached hydrogen (secondary N) is 4. The number of sulfonamides is 2. The summed E-state index contributed by atoms with van der Waals surface area (Å²) in [6, 6.07) is 14.4. The van der Waals surface area contributed by atoms with E-state index in [0.29, 0.717) is 24.2 Å². The van der Waals surface area contributed by atoms with Crippen LogP contribution in [0.15, 0.2) is 95.2 Å². The largest absolute Gasteiger partial charge is 0.326 e. The first kappa shape index (κ1) is 30.0. The van der Waals surface area contributed by atoms with Crippen molar-refractivity contribution in [1.82, 2.24) is 19.9 Å². The van der Waals surface area contributed by atoms with Gasteiger partial charge >= 0.3 is 0 Å². The van der Waals surface area contributed by atoms with E-state index in [2.05, 4.69) is 40.0 Å². The number of benzene rings is 2. The second-order valence-electron chi connectivity index (χ2n) is 8.71. The fourth-order valence-corrected chi connectivity index (χ4v) is 5.43. The van der Waals surface area contributed by atoms with E-state index in [1.165, 1.54) is 73.3 Å². The highest BCUT2D eigenvalue weighted by molar-refractivity contribution is 7.93. The molecule has 14 nitrogen and oxygen atoms in total. The minimum atomic E-state index is -3.89. The molecule has 0 atom stereocenters. The molecule has 0 aliphatic carbocycles. The zero-order chi connectivity index (χ0) is 30.0. The summed E-state index contributed by atoms with van der Waals surface area (Å²) in [7, 11) is -7.77. The lowest BCUT2D eigenvalue weighted by Crippen LogP contribution is -2.16. The number of hydrogen-bond donors (Lipinski definition) is 4. The van der Waals surface area contributed by atoms with Gasteiger partial charge in [-0.25, -0.2) is 46.2 Å². The molecule has 218 valence electrons. The number of hydrogen-bond acceptors (Lipinski definition) is 10. The monoisotopic (exact) mass is 610 g/mol. The van der Waals surface area contributed by atoms with Crippen molar-refractivity contribution in [2.24, 2.45) is 0 Å². The van der Waals surface area contributed by atoms with Crippen LogP contribution in [0.25, 0.3) is 0 Å². The number of unbranched alkanes of at least 4 members (excludes halogenated alkanes) is 1. The average Bonchev–Trinajstić information content (AvgIpc) is 2.96. The van der Waals surface area contributed by atoms with Gasteiger partial charge in [0.25, 0.3) is 20.0 Å². The quantitative estimate of drug-likeness (QED) is 0.163. The molecule has 2 aromatic heterocycles. The van der Waals surface area contributed by atoms with Crippen LogP contribution in [0.4, 0.5) is 23.3 Å². The maximum Gasteiger partial charge on any atom is 0.264 e. The number of nitrogens with zero attached hydrogens (tertiary/aromatic N) is 4. The Hall–Kier alpha value is -4.96. The smallest absolute Gasteiger partial charge is 0.264 e. The van der Waals surface area contributed by atoms with Gasteiger partial charge in [0.2, 0.25) is 23.7 Å². The van der Waals surface area contributed by atoms with Crippen LogP contribution in [0.1, 0.15) is 25.7 Å². The average molecular weight is 611 g/mol. The minimum absolute atomic E-state index is 0.0197. The zero-order valence-electron chi connectivity index (χ0n) is 22.0. The van der Waals surface area contributed by atoms with Crippen molar-refractivity contribution in [2.75, 3.05) is 20.1 Å². The van der Waals surface area contributed by atoms with E-state index < -0.39 is 20.0 Å². The molecule has 4 aromatic rings. The van der Waals surface area contributed by atoms with Crippen LogP contribution in [0.3, 0.4) is 0 Å². The standard InChI is InChI=1S/C26H26N8O6S2/c35-23(31-19-7-11-21(12-8-19)41(37,38)33-25-27-15-3-16-28-25)5-1-2-6-24(36)32-20-9-13-22(14-10-20)42(39,40)34-26-29-17-4-18-30-26/h3-4,7-18H,1-2,5-6H2,(H,31,35)(H,32,36)(H,27,28,33)(H,29,30,34). The summed E-state index contributed by atoms with van der Waals surface area (Å²) in [5.41, 5.74) is 0.842. The molecule has 4 N–H and O–H groups in total. The Morgan fingerprint density at radius 1 is 0.548 bits per heavy atom. The van der Waals surface area contributed by atoms with Crippen LogP contribution in [0.2, 0.25) is 0 Å². The van der Waals surface area contributed by atoms with Crippen molar-refractivity contribution in [2.45, 2.75) is 35.5 Å². The van der Waals surface area contributed by atoms with Crippen molar-refractivity contribution in [3.8, 4) is 0 Å². The SMILES string of the molecule is O=C(CCCCC(=O)Nc1ccc(S(=O)(=O)Nc2ncccn2)cc1)Nc1ccc(S(=O)(=O)Nc2ncccn2)cc1. The van der Waals surface area contributed by atoms with Crippen LogP contribution < -0.4 is 20.1 Å². The van der Waals surface area contributed by atoms with Crippen molar-refractivity contribution < 1.29 is 26.4 Å². The van der Waals surface area contributed by atoms with Gasteiger partial charge in [0.05, 0.1) is 9.79 Å². The van der Waals surface area contributed by atoms with Crippen LogP contribution in [-0.2, 0) is 29.6 Å². The van der Waals surface area contributed by atoms with Crippen LogP contribution in [-0.4, -0.2) is 48.6 Å². The van der Waals surface area contributed by atoms with E-state index in [4.69, 9.17) is 0 Å². The lowest BCUT2D eigenvalue weighted by molar-refractivity contribution is -0.118. The van der Waals surface area contributed by atoms with Gasteiger partial charge in [-0.3, -0.25) is 9.59 Å². The number of rotatable bonds is 13. The maximum absolute atomic E-state index is 12.5. The van der Waals surface area contributed by atoms with Gasteiger partial charge in [-0.2, -0.15) is 0 Å². The summed E-state index contributed by atoms with van der Waals surface area (Å²) in [6.07, 6.45) is 6.84. The van der Waals surface area contributed by atoms with E-state index in [9.17, 15) is 26.4 Å². The van der Waals surface area contributed by atoms with E-state index in [-0.39, 0.29) is 46.3 Å². The van der Waals surface area contributed by atoms with Crippen molar-refractivity contribution >= 4 is 55.1 Å². The molecule has 0 radical (unpaired) electrons. The number of carbonyl (C=O) groups excluding carboxylic acids is 2. The number of aromatic nitrogens is 4. The van der Waals surface area contributed by atoms with Crippen LogP contribution >= 0.6 is 0 Å². The molecule has 2 amide bonds. The first-order chi connectivity index (χ1) is 20.1. The fraction of sp³-hybridized carbons (Fsp3) is 0.154. The topological polar surface area (TPSA) is 202 Å². The number of amides is 2. The van der Waals surface area contributed by atoms with Crippen molar-refractivity contribution in [3.05, 3.63) is 85.5 Å². The van der Waals surface area contributed by atoms with Gasteiger partial charge in [-0.1, -0.05) is 0 Å². The maximum atomic E-state index is 12.5. The number of anilines is 4. The first-order valence-corrected chi connectivity index (χ1v) is 15.5. The molecule has 2 heterocycles. The van der Waals surface area contributed by atoms with Crippen molar-refractivity contribution in [3.63, 3.8) is 0 Å². The van der Waals surface area contributed by atoms with Gasteiger partial charge in [0.15, 0.2) is 0 Å². The van der Waals surface area contributed by atoms with Gasteiger partial charge in [-0.15, -0.1) is 0 Å². The van der Waals surface area contributed by atoms with Gasteiger partial charge < -0.3 is 10.6 Å². The van der Waals surface area contributed by atoms with Gasteiger partial charge in [0, 0.05) is 49.0 Å². The lowest BCUT2D eigenvalue weighted by atomic mass is 10.1. The lowest BCUT2D eigenvalue weighted by Gasteiger charge is -2.09. The second kappa shape index (κ2) is 13.6. The van der Waals surface area contributed by atoms with E-state index in [0.717, 1.165) is 0 Å². The summed E-state index contributed by atoms with van der Waals surface area (Å²) in [4.78, 5) is 39.8. The molecule has 4 rings (SSSR count). The molecule has 0 aliphatic heterocycles. The predicted molar refractivity (Wildman–Crippen MR) is 154 cm³/mol. The molecule has 0 bridgehead atoms. The Labute approximate surface area is 242 Å². The molecule has 0 unspecified atom stereocenters.